The van der Waals surface area contributed by atoms with E-state index >= 15 is 0 Å². The number of ether oxygens (including phenoxy) is 2. The lowest BCUT2D eigenvalue weighted by Crippen LogP contribution is -2.28. The standard InChI is InChI=1S/C31H33ClO5/c1-19-16-22-9-8-20(14-15-31(5,6)18-25(33)36-7)17-24(22)27(21-10-12-23(32)13-11-21)26(19)28(29(34)35)37-30(2,3)4/h8-13,16-17,28H,18H2,1-7H3,(H,34,35). The molecule has 194 valence electrons. The van der Waals surface area contributed by atoms with Gasteiger partial charge in [0.25, 0.3) is 0 Å². The van der Waals surface area contributed by atoms with E-state index in [4.69, 9.17) is 21.1 Å². The third-order valence-corrected chi connectivity index (χ3v) is 6.09. The predicted molar refractivity (Wildman–Crippen MR) is 148 cm³/mol. The minimum Gasteiger partial charge on any atom is -0.479 e. The van der Waals surface area contributed by atoms with Crippen molar-refractivity contribution in [1.82, 2.24) is 0 Å². The first-order valence-corrected chi connectivity index (χ1v) is 12.4. The average molecular weight is 521 g/mol. The number of rotatable bonds is 6. The minimum atomic E-state index is -1.18. The molecule has 1 N–H and O–H groups in total. The van der Waals surface area contributed by atoms with Crippen molar-refractivity contribution in [3.05, 3.63) is 70.2 Å². The van der Waals surface area contributed by atoms with E-state index in [-0.39, 0.29) is 12.4 Å². The van der Waals surface area contributed by atoms with Crippen LogP contribution in [0.2, 0.25) is 5.02 Å². The van der Waals surface area contributed by atoms with Crippen molar-refractivity contribution in [1.29, 1.82) is 0 Å². The highest BCUT2D eigenvalue weighted by Gasteiger charge is 2.31. The van der Waals surface area contributed by atoms with E-state index < -0.39 is 23.1 Å². The minimum absolute atomic E-state index is 0.174. The zero-order chi connectivity index (χ0) is 27.5. The molecule has 0 bridgehead atoms. The number of hydrogen-bond donors (Lipinski definition) is 1. The van der Waals surface area contributed by atoms with Crippen LogP contribution in [0.25, 0.3) is 21.9 Å². The van der Waals surface area contributed by atoms with E-state index in [0.29, 0.717) is 10.6 Å². The zero-order valence-corrected chi connectivity index (χ0v) is 23.1. The first kappa shape index (κ1) is 28.2. The van der Waals surface area contributed by atoms with Crippen LogP contribution in [0, 0.1) is 24.2 Å². The summed E-state index contributed by atoms with van der Waals surface area (Å²) in [5, 5.41) is 12.6. The topological polar surface area (TPSA) is 72.8 Å². The molecule has 5 nitrogen and oxygen atoms in total. The normalized spacial score (nSPS) is 12.5. The molecule has 0 aliphatic heterocycles. The molecule has 6 heteroatoms. The van der Waals surface area contributed by atoms with Crippen LogP contribution in [0.5, 0.6) is 0 Å². The summed E-state index contributed by atoms with van der Waals surface area (Å²) in [6, 6.07) is 15.2. The average Bonchev–Trinajstić information content (AvgIpc) is 2.80. The van der Waals surface area contributed by atoms with E-state index in [1.165, 1.54) is 7.11 Å². The Kier molecular flexibility index (Phi) is 8.37. The number of halogens is 1. The maximum atomic E-state index is 12.5. The number of aliphatic carboxylic acids is 1. The molecule has 0 radical (unpaired) electrons. The lowest BCUT2D eigenvalue weighted by Gasteiger charge is -2.28. The Labute approximate surface area is 223 Å². The molecule has 0 heterocycles. The van der Waals surface area contributed by atoms with Gasteiger partial charge in [0.05, 0.1) is 19.1 Å². The molecule has 3 aromatic rings. The van der Waals surface area contributed by atoms with Gasteiger partial charge in [-0.15, -0.1) is 0 Å². The van der Waals surface area contributed by atoms with Gasteiger partial charge in [-0.25, -0.2) is 4.79 Å². The molecular formula is C31H33ClO5. The van der Waals surface area contributed by atoms with Gasteiger partial charge < -0.3 is 14.6 Å². The van der Waals surface area contributed by atoms with E-state index in [2.05, 4.69) is 11.8 Å². The third kappa shape index (κ3) is 7.13. The summed E-state index contributed by atoms with van der Waals surface area (Å²) in [6.07, 6.45) is -1.00. The molecule has 1 atom stereocenters. The van der Waals surface area contributed by atoms with Gasteiger partial charge in [-0.1, -0.05) is 47.7 Å². The van der Waals surface area contributed by atoms with Crippen molar-refractivity contribution < 1.29 is 24.2 Å². The molecule has 0 aliphatic carbocycles. The molecule has 0 saturated heterocycles. The van der Waals surface area contributed by atoms with Crippen LogP contribution in [-0.2, 0) is 19.1 Å². The van der Waals surface area contributed by atoms with E-state index in [0.717, 1.165) is 33.0 Å². The van der Waals surface area contributed by atoms with E-state index in [9.17, 15) is 14.7 Å². The van der Waals surface area contributed by atoms with Gasteiger partial charge >= 0.3 is 11.9 Å². The van der Waals surface area contributed by atoms with Crippen LogP contribution in [0.1, 0.15) is 63.8 Å². The number of hydrogen-bond acceptors (Lipinski definition) is 4. The Hall–Kier alpha value is -3.33. The van der Waals surface area contributed by atoms with Crippen molar-refractivity contribution in [2.75, 3.05) is 7.11 Å². The van der Waals surface area contributed by atoms with E-state index in [1.807, 2.05) is 77.9 Å². The number of carboxylic acids is 1. The van der Waals surface area contributed by atoms with Gasteiger partial charge in [0, 0.05) is 21.6 Å². The molecule has 0 aliphatic rings. The number of carbonyl (C=O) groups excluding carboxylic acids is 1. The van der Waals surface area contributed by atoms with Crippen LogP contribution < -0.4 is 0 Å². The molecule has 0 amide bonds. The number of fused-ring (bicyclic) bond motifs is 1. The summed E-state index contributed by atoms with van der Waals surface area (Å²) in [4.78, 5) is 24.3. The SMILES string of the molecule is COC(=O)CC(C)(C)C#Cc1ccc2cc(C)c(C(OC(C)(C)C)C(=O)O)c(-c3ccc(Cl)cc3)c2c1. The van der Waals surface area contributed by atoms with Gasteiger partial charge in [-0.2, -0.15) is 0 Å². The maximum Gasteiger partial charge on any atom is 0.337 e. The van der Waals surface area contributed by atoms with Crippen molar-refractivity contribution >= 4 is 34.3 Å². The first-order valence-electron chi connectivity index (χ1n) is 12.0. The van der Waals surface area contributed by atoms with Gasteiger partial charge in [0.2, 0.25) is 0 Å². The van der Waals surface area contributed by atoms with Crippen molar-refractivity contribution in [3.63, 3.8) is 0 Å². The predicted octanol–water partition coefficient (Wildman–Crippen LogP) is 7.35. The lowest BCUT2D eigenvalue weighted by atomic mass is 9.86. The summed E-state index contributed by atoms with van der Waals surface area (Å²) in [5.74, 6) is 5.00. The molecule has 3 aromatic carbocycles. The second kappa shape index (κ2) is 11.0. The highest BCUT2D eigenvalue weighted by Crippen LogP contribution is 2.41. The van der Waals surface area contributed by atoms with Crippen LogP contribution in [0.4, 0.5) is 0 Å². The molecule has 37 heavy (non-hydrogen) atoms. The van der Waals surface area contributed by atoms with Crippen LogP contribution >= 0.6 is 11.6 Å². The van der Waals surface area contributed by atoms with Crippen LogP contribution in [0.3, 0.4) is 0 Å². The summed E-state index contributed by atoms with van der Waals surface area (Å²) in [5.41, 5.74) is 2.49. The number of esters is 1. The Morgan fingerprint density at radius 1 is 1.03 bits per heavy atom. The largest absolute Gasteiger partial charge is 0.479 e. The number of carboxylic acid groups (broad SMARTS) is 1. The fraction of sp³-hybridized carbons (Fsp3) is 0.355. The van der Waals surface area contributed by atoms with Gasteiger partial charge in [-0.3, -0.25) is 4.79 Å². The fourth-order valence-corrected chi connectivity index (χ4v) is 4.33. The zero-order valence-electron chi connectivity index (χ0n) is 22.4. The van der Waals surface area contributed by atoms with Crippen molar-refractivity contribution in [2.24, 2.45) is 5.41 Å². The maximum absolute atomic E-state index is 12.5. The Morgan fingerprint density at radius 2 is 1.68 bits per heavy atom. The second-order valence-corrected chi connectivity index (χ2v) is 11.2. The number of methoxy groups -OCH3 is 1. The van der Waals surface area contributed by atoms with Crippen molar-refractivity contribution in [2.45, 2.75) is 59.7 Å². The molecule has 1 unspecified atom stereocenters. The summed E-state index contributed by atoms with van der Waals surface area (Å²) in [7, 11) is 1.36. The Balaban J connectivity index is 2.30. The summed E-state index contributed by atoms with van der Waals surface area (Å²) >= 11 is 6.17. The second-order valence-electron chi connectivity index (χ2n) is 10.8. The molecule has 0 spiro atoms. The monoisotopic (exact) mass is 520 g/mol. The highest BCUT2D eigenvalue weighted by molar-refractivity contribution is 6.30. The summed E-state index contributed by atoms with van der Waals surface area (Å²) < 4.78 is 10.9. The van der Waals surface area contributed by atoms with Gasteiger partial charge in [-0.05, 0) is 93.3 Å². The number of benzene rings is 3. The molecule has 0 aromatic heterocycles. The van der Waals surface area contributed by atoms with Crippen LogP contribution in [-0.4, -0.2) is 29.8 Å². The fourth-order valence-electron chi connectivity index (χ4n) is 4.20. The third-order valence-electron chi connectivity index (χ3n) is 5.84. The molecule has 0 saturated carbocycles. The lowest BCUT2D eigenvalue weighted by molar-refractivity contribution is -0.160. The quantitative estimate of drug-likeness (QED) is 0.271. The number of aryl methyl sites for hydroxylation is 1. The van der Waals surface area contributed by atoms with Gasteiger partial charge in [0.15, 0.2) is 6.10 Å². The Bertz CT molecular complexity index is 1390. The van der Waals surface area contributed by atoms with Gasteiger partial charge in [0.1, 0.15) is 0 Å². The van der Waals surface area contributed by atoms with Crippen LogP contribution in [0.15, 0.2) is 48.5 Å². The molecule has 0 fully saturated rings. The number of carbonyl (C=O) groups is 2. The molecule has 3 rings (SSSR count). The Morgan fingerprint density at radius 3 is 2.24 bits per heavy atom. The molecular weight excluding hydrogens is 488 g/mol. The van der Waals surface area contributed by atoms with Crippen molar-refractivity contribution in [3.8, 4) is 23.0 Å². The van der Waals surface area contributed by atoms with E-state index in [1.54, 1.807) is 12.1 Å². The first-order chi connectivity index (χ1) is 17.2. The summed E-state index contributed by atoms with van der Waals surface area (Å²) in [6.45, 7) is 11.2. The smallest absolute Gasteiger partial charge is 0.337 e. The highest BCUT2D eigenvalue weighted by atomic mass is 35.5.